The van der Waals surface area contributed by atoms with Gasteiger partial charge in [-0.05, 0) is 39.8 Å². The molecular weight excluding hydrogens is 352 g/mol. The molecule has 1 aliphatic heterocycles. The molecule has 0 unspecified atom stereocenters. The second kappa shape index (κ2) is 8.03. The molecule has 2 N–H and O–H groups in total. The standard InChI is InChI=1S/C19H26N2O6/c1-6-25-15-9-13(20-5)7-8-14(15)26-16-10-21(11-19(16,24)12-22)17(23)27-18(2,3)4/h7-9,16,22,24H,6,10-12H2,1-4H3/t16-,19+/m0/s1. The summed E-state index contributed by atoms with van der Waals surface area (Å²) in [6.07, 6.45) is -1.47. The lowest BCUT2D eigenvalue weighted by atomic mass is 10.0. The first-order valence-electron chi connectivity index (χ1n) is 8.74. The first-order valence-corrected chi connectivity index (χ1v) is 8.74. The Kier molecular flexibility index (Phi) is 6.19. The molecule has 0 spiro atoms. The van der Waals surface area contributed by atoms with Crippen molar-refractivity contribution in [2.45, 2.75) is 45.0 Å². The van der Waals surface area contributed by atoms with Crippen molar-refractivity contribution < 1.29 is 29.2 Å². The lowest BCUT2D eigenvalue weighted by molar-refractivity contribution is -0.0658. The molecule has 2 rings (SSSR count). The number of rotatable bonds is 5. The van der Waals surface area contributed by atoms with Gasteiger partial charge in [-0.3, -0.25) is 0 Å². The van der Waals surface area contributed by atoms with Gasteiger partial charge < -0.3 is 29.3 Å². The van der Waals surface area contributed by atoms with Crippen molar-refractivity contribution in [2.24, 2.45) is 0 Å². The van der Waals surface area contributed by atoms with E-state index in [0.29, 0.717) is 23.8 Å². The fourth-order valence-corrected chi connectivity index (χ4v) is 2.72. The van der Waals surface area contributed by atoms with E-state index >= 15 is 0 Å². The van der Waals surface area contributed by atoms with Gasteiger partial charge in [0, 0.05) is 0 Å². The molecule has 8 nitrogen and oxygen atoms in total. The quantitative estimate of drug-likeness (QED) is 0.764. The molecule has 148 valence electrons. The van der Waals surface area contributed by atoms with Crippen LogP contribution in [-0.2, 0) is 4.74 Å². The second-order valence-electron chi connectivity index (χ2n) is 7.40. The van der Waals surface area contributed by atoms with Gasteiger partial charge in [-0.25, -0.2) is 9.64 Å². The molecule has 1 aliphatic rings. The molecule has 8 heteroatoms. The molecule has 1 aromatic rings. The largest absolute Gasteiger partial charge is 0.491 e. The third-order valence-electron chi connectivity index (χ3n) is 4.00. The van der Waals surface area contributed by atoms with Crippen LogP contribution in [0, 0.1) is 6.57 Å². The van der Waals surface area contributed by atoms with E-state index in [1.807, 2.05) is 0 Å². The van der Waals surface area contributed by atoms with Crippen molar-refractivity contribution in [3.8, 4) is 11.5 Å². The summed E-state index contributed by atoms with van der Waals surface area (Å²) in [6, 6.07) is 4.69. The molecule has 2 atom stereocenters. The maximum absolute atomic E-state index is 12.3. The van der Waals surface area contributed by atoms with E-state index in [9.17, 15) is 15.0 Å². The van der Waals surface area contributed by atoms with Crippen LogP contribution in [-0.4, -0.2) is 64.8 Å². The SMILES string of the molecule is [C-]#[N+]c1ccc(O[C@H]2CN(C(=O)OC(C)(C)C)C[C@@]2(O)CO)c(OCC)c1. The van der Waals surface area contributed by atoms with Crippen LogP contribution in [0.15, 0.2) is 18.2 Å². The van der Waals surface area contributed by atoms with Gasteiger partial charge in [0.05, 0.1) is 32.9 Å². The summed E-state index contributed by atoms with van der Waals surface area (Å²) in [5.41, 5.74) is -1.92. The molecule has 1 aromatic carbocycles. The van der Waals surface area contributed by atoms with Crippen LogP contribution in [0.25, 0.3) is 4.85 Å². The van der Waals surface area contributed by atoms with Gasteiger partial charge in [0.1, 0.15) is 17.3 Å². The van der Waals surface area contributed by atoms with Gasteiger partial charge in [0.25, 0.3) is 0 Å². The molecule has 1 heterocycles. The fraction of sp³-hybridized carbons (Fsp3) is 0.579. The Morgan fingerprint density at radius 2 is 2.11 bits per heavy atom. The van der Waals surface area contributed by atoms with E-state index < -0.39 is 30.0 Å². The summed E-state index contributed by atoms with van der Waals surface area (Å²) in [5.74, 6) is 0.689. The number of aliphatic hydroxyl groups excluding tert-OH is 1. The van der Waals surface area contributed by atoms with E-state index in [4.69, 9.17) is 20.8 Å². The van der Waals surface area contributed by atoms with Gasteiger partial charge in [0.15, 0.2) is 17.2 Å². The average molecular weight is 378 g/mol. The van der Waals surface area contributed by atoms with Gasteiger partial charge in [0.2, 0.25) is 0 Å². The molecule has 0 aliphatic carbocycles. The highest BCUT2D eigenvalue weighted by Gasteiger charge is 2.49. The average Bonchev–Trinajstić information content (AvgIpc) is 2.93. The van der Waals surface area contributed by atoms with Crippen molar-refractivity contribution in [2.75, 3.05) is 26.3 Å². The second-order valence-corrected chi connectivity index (χ2v) is 7.40. The first kappa shape index (κ1) is 20.8. The predicted octanol–water partition coefficient (Wildman–Crippen LogP) is 2.36. The monoisotopic (exact) mass is 378 g/mol. The topological polar surface area (TPSA) is 92.8 Å². The predicted molar refractivity (Wildman–Crippen MR) is 98.1 cm³/mol. The normalized spacial score (nSPS) is 22.3. The number of ether oxygens (including phenoxy) is 3. The van der Waals surface area contributed by atoms with Crippen LogP contribution in [0.3, 0.4) is 0 Å². The molecule has 0 saturated carbocycles. The van der Waals surface area contributed by atoms with Gasteiger partial charge in [-0.2, -0.15) is 0 Å². The van der Waals surface area contributed by atoms with Gasteiger partial charge in [-0.15, -0.1) is 0 Å². The van der Waals surface area contributed by atoms with Crippen LogP contribution in [0.2, 0.25) is 0 Å². The summed E-state index contributed by atoms with van der Waals surface area (Å²) in [6.45, 7) is 13.9. The number of β-amino-alcohol motifs (C(OH)–C–C–N with tert-alkyl or cyclic N) is 1. The maximum Gasteiger partial charge on any atom is 0.410 e. The van der Waals surface area contributed by atoms with E-state index in [-0.39, 0.29) is 13.1 Å². The summed E-state index contributed by atoms with van der Waals surface area (Å²) in [5, 5.41) is 20.4. The summed E-state index contributed by atoms with van der Waals surface area (Å²) in [4.78, 5) is 17.0. The van der Waals surface area contributed by atoms with Crippen LogP contribution in [0.4, 0.5) is 10.5 Å². The van der Waals surface area contributed by atoms with Gasteiger partial charge in [-0.1, -0.05) is 6.07 Å². The zero-order chi connectivity index (χ0) is 20.2. The zero-order valence-electron chi connectivity index (χ0n) is 16.1. The third kappa shape index (κ3) is 5.02. The Balaban J connectivity index is 2.22. The lowest BCUT2D eigenvalue weighted by Gasteiger charge is -2.27. The van der Waals surface area contributed by atoms with Crippen LogP contribution >= 0.6 is 0 Å². The van der Waals surface area contributed by atoms with Crippen molar-refractivity contribution in [1.29, 1.82) is 0 Å². The Bertz CT molecular complexity index is 724. The molecule has 27 heavy (non-hydrogen) atoms. The minimum Gasteiger partial charge on any atom is -0.491 e. The Morgan fingerprint density at radius 3 is 2.67 bits per heavy atom. The summed E-state index contributed by atoms with van der Waals surface area (Å²) >= 11 is 0. The van der Waals surface area contributed by atoms with Crippen molar-refractivity contribution in [1.82, 2.24) is 4.90 Å². The maximum atomic E-state index is 12.3. The van der Waals surface area contributed by atoms with Crippen LogP contribution < -0.4 is 9.47 Å². The molecule has 1 amide bonds. The number of hydrogen-bond donors (Lipinski definition) is 2. The highest BCUT2D eigenvalue weighted by Crippen LogP contribution is 2.35. The minimum absolute atomic E-state index is 0.0438. The number of likely N-dealkylation sites (tertiary alicyclic amines) is 1. The van der Waals surface area contributed by atoms with E-state index in [1.54, 1.807) is 45.9 Å². The smallest absolute Gasteiger partial charge is 0.410 e. The number of nitrogens with zero attached hydrogens (tertiary/aromatic N) is 2. The molecule has 0 bridgehead atoms. The Hall–Kier alpha value is -2.50. The van der Waals surface area contributed by atoms with E-state index in [1.165, 1.54) is 4.90 Å². The number of carbonyl (C=O) groups is 1. The molecular formula is C19H26N2O6. The fourth-order valence-electron chi connectivity index (χ4n) is 2.72. The summed E-state index contributed by atoms with van der Waals surface area (Å²) < 4.78 is 16.7. The van der Waals surface area contributed by atoms with Crippen molar-refractivity contribution in [3.05, 3.63) is 29.6 Å². The number of hydrogen-bond acceptors (Lipinski definition) is 6. The minimum atomic E-state index is -1.64. The third-order valence-corrected chi connectivity index (χ3v) is 4.00. The van der Waals surface area contributed by atoms with Crippen molar-refractivity contribution >= 4 is 11.8 Å². The number of benzene rings is 1. The Labute approximate surface area is 159 Å². The number of amides is 1. The van der Waals surface area contributed by atoms with Crippen LogP contribution in [0.1, 0.15) is 27.7 Å². The number of aliphatic hydroxyl groups is 2. The highest BCUT2D eigenvalue weighted by atomic mass is 16.6. The molecule has 0 radical (unpaired) electrons. The first-order chi connectivity index (χ1) is 12.6. The highest BCUT2D eigenvalue weighted by molar-refractivity contribution is 5.69. The molecule has 1 saturated heterocycles. The lowest BCUT2D eigenvalue weighted by Crippen LogP contribution is -2.48. The summed E-state index contributed by atoms with van der Waals surface area (Å²) in [7, 11) is 0. The molecule has 0 aromatic heterocycles. The zero-order valence-corrected chi connectivity index (χ0v) is 16.1. The van der Waals surface area contributed by atoms with Gasteiger partial charge >= 0.3 is 6.09 Å². The molecule has 1 fully saturated rings. The number of carbonyl (C=O) groups excluding carboxylic acids is 1. The van der Waals surface area contributed by atoms with E-state index in [0.717, 1.165) is 0 Å². The van der Waals surface area contributed by atoms with Crippen molar-refractivity contribution in [3.63, 3.8) is 0 Å². The Morgan fingerprint density at radius 1 is 1.41 bits per heavy atom. The van der Waals surface area contributed by atoms with Crippen LogP contribution in [0.5, 0.6) is 11.5 Å². The van der Waals surface area contributed by atoms with E-state index in [2.05, 4.69) is 4.85 Å².